The first-order chi connectivity index (χ1) is 6.90. The van der Waals surface area contributed by atoms with Crippen molar-refractivity contribution >= 4 is 23.6 Å². The predicted molar refractivity (Wildman–Crippen MR) is 62.1 cm³/mol. The van der Waals surface area contributed by atoms with Gasteiger partial charge < -0.3 is 10.4 Å². The van der Waals surface area contributed by atoms with Crippen LogP contribution in [0.4, 0.5) is 0 Å². The highest BCUT2D eigenvalue weighted by atomic mass is 32.2. The molecule has 0 rings (SSSR count). The maximum atomic E-state index is 11.6. The molecule has 0 spiro atoms. The van der Waals surface area contributed by atoms with Crippen LogP contribution >= 0.6 is 11.8 Å². The van der Waals surface area contributed by atoms with Gasteiger partial charge in [0.2, 0.25) is 5.91 Å². The maximum absolute atomic E-state index is 11.6. The van der Waals surface area contributed by atoms with Crippen LogP contribution in [0.2, 0.25) is 0 Å². The van der Waals surface area contributed by atoms with Crippen molar-refractivity contribution in [3.8, 4) is 0 Å². The Morgan fingerprint density at radius 2 is 2.00 bits per heavy atom. The number of thioether (sulfide) groups is 1. The second kappa shape index (κ2) is 6.71. The fraction of sp³-hybridized carbons (Fsp3) is 0.800. The van der Waals surface area contributed by atoms with Gasteiger partial charge in [-0.15, -0.1) is 11.8 Å². The molecule has 0 saturated heterocycles. The van der Waals surface area contributed by atoms with E-state index in [1.807, 2.05) is 13.8 Å². The number of rotatable bonds is 7. The Bertz CT molecular complexity index is 229. The van der Waals surface area contributed by atoms with Gasteiger partial charge in [-0.2, -0.15) is 0 Å². The third kappa shape index (κ3) is 6.38. The number of hydrogen-bond donors (Lipinski definition) is 2. The molecule has 5 heteroatoms. The number of carboxylic acids is 1. The molecule has 0 aliphatic carbocycles. The second-order valence-electron chi connectivity index (χ2n) is 3.79. The van der Waals surface area contributed by atoms with Gasteiger partial charge in [0.1, 0.15) is 6.54 Å². The highest BCUT2D eigenvalue weighted by Crippen LogP contribution is 2.25. The summed E-state index contributed by atoms with van der Waals surface area (Å²) in [5.74, 6) is -0.312. The highest BCUT2D eigenvalue weighted by Gasteiger charge is 2.27. The number of amides is 1. The molecule has 2 N–H and O–H groups in total. The van der Waals surface area contributed by atoms with Gasteiger partial charge in [0.25, 0.3) is 0 Å². The molecule has 1 amide bonds. The van der Waals surface area contributed by atoms with Crippen LogP contribution in [0, 0.1) is 0 Å². The van der Waals surface area contributed by atoms with Crippen LogP contribution in [-0.2, 0) is 9.59 Å². The van der Waals surface area contributed by atoms with Gasteiger partial charge in [0, 0.05) is 0 Å². The standard InChI is InChI=1S/C10H19NO3S/c1-4-5-6-15-10(2,3)9(14)11-7-8(12)13/h4-7H2,1-3H3,(H,11,14)(H,12,13). The normalized spacial score (nSPS) is 11.1. The number of nitrogens with one attached hydrogen (secondary N) is 1. The van der Waals surface area contributed by atoms with E-state index in [-0.39, 0.29) is 12.5 Å². The van der Waals surface area contributed by atoms with Gasteiger partial charge in [-0.1, -0.05) is 13.3 Å². The third-order valence-electron chi connectivity index (χ3n) is 1.91. The molecule has 0 aliphatic heterocycles. The van der Waals surface area contributed by atoms with Crippen molar-refractivity contribution in [3.05, 3.63) is 0 Å². The van der Waals surface area contributed by atoms with Crippen LogP contribution in [0.3, 0.4) is 0 Å². The van der Waals surface area contributed by atoms with Crippen LogP contribution < -0.4 is 5.32 Å². The number of hydrogen-bond acceptors (Lipinski definition) is 3. The molecule has 0 aliphatic rings. The summed E-state index contributed by atoms with van der Waals surface area (Å²) in [6.45, 7) is 5.41. The molecular weight excluding hydrogens is 214 g/mol. The van der Waals surface area contributed by atoms with E-state index in [9.17, 15) is 9.59 Å². The van der Waals surface area contributed by atoms with E-state index in [2.05, 4.69) is 12.2 Å². The van der Waals surface area contributed by atoms with Gasteiger partial charge in [0.05, 0.1) is 4.75 Å². The van der Waals surface area contributed by atoms with Crippen molar-refractivity contribution in [3.63, 3.8) is 0 Å². The first-order valence-corrected chi connectivity index (χ1v) is 6.02. The van der Waals surface area contributed by atoms with Crippen LogP contribution in [0.15, 0.2) is 0 Å². The second-order valence-corrected chi connectivity index (χ2v) is 5.51. The van der Waals surface area contributed by atoms with Crippen molar-refractivity contribution in [1.82, 2.24) is 5.32 Å². The SMILES string of the molecule is CCCCSC(C)(C)C(=O)NCC(=O)O. The van der Waals surface area contributed by atoms with Crippen molar-refractivity contribution in [2.45, 2.75) is 38.4 Å². The Balaban J connectivity index is 3.96. The Morgan fingerprint density at radius 1 is 1.40 bits per heavy atom. The van der Waals surface area contributed by atoms with Crippen LogP contribution in [0.1, 0.15) is 33.6 Å². The summed E-state index contributed by atoms with van der Waals surface area (Å²) in [7, 11) is 0. The predicted octanol–water partition coefficient (Wildman–Crippen LogP) is 1.50. The number of carboxylic acid groups (broad SMARTS) is 1. The summed E-state index contributed by atoms with van der Waals surface area (Å²) >= 11 is 1.56. The average Bonchev–Trinajstić information content (AvgIpc) is 2.14. The molecule has 0 radical (unpaired) electrons. The molecular formula is C10H19NO3S. The minimum absolute atomic E-state index is 0.217. The van der Waals surface area contributed by atoms with Gasteiger partial charge in [-0.05, 0) is 26.0 Å². The summed E-state index contributed by atoms with van der Waals surface area (Å²) < 4.78 is -0.551. The molecule has 0 aromatic heterocycles. The van der Waals surface area contributed by atoms with Gasteiger partial charge in [-0.3, -0.25) is 9.59 Å². The first kappa shape index (κ1) is 14.3. The summed E-state index contributed by atoms with van der Waals surface area (Å²) in [6, 6.07) is 0. The highest BCUT2D eigenvalue weighted by molar-refractivity contribution is 8.01. The van der Waals surface area contributed by atoms with E-state index in [0.29, 0.717) is 0 Å². The van der Waals surface area contributed by atoms with Crippen molar-refractivity contribution in [2.24, 2.45) is 0 Å². The lowest BCUT2D eigenvalue weighted by atomic mass is 10.2. The number of carbonyl (C=O) groups is 2. The molecule has 4 nitrogen and oxygen atoms in total. The molecule has 0 heterocycles. The van der Waals surface area contributed by atoms with Crippen molar-refractivity contribution in [2.75, 3.05) is 12.3 Å². The monoisotopic (exact) mass is 233 g/mol. The van der Waals surface area contributed by atoms with E-state index in [4.69, 9.17) is 5.11 Å². The fourth-order valence-corrected chi connectivity index (χ4v) is 2.05. The number of carbonyl (C=O) groups excluding carboxylic acids is 1. The Labute approximate surface area is 94.8 Å². The summed E-state index contributed by atoms with van der Waals surface area (Å²) in [5.41, 5.74) is 0. The van der Waals surface area contributed by atoms with Crippen molar-refractivity contribution < 1.29 is 14.7 Å². The van der Waals surface area contributed by atoms with E-state index in [0.717, 1.165) is 18.6 Å². The lowest BCUT2D eigenvalue weighted by molar-refractivity contribution is -0.138. The Hall–Kier alpha value is -0.710. The molecule has 88 valence electrons. The lowest BCUT2D eigenvalue weighted by Gasteiger charge is -2.22. The summed E-state index contributed by atoms with van der Waals surface area (Å²) in [6.07, 6.45) is 2.17. The molecule has 0 saturated carbocycles. The minimum atomic E-state index is -1.02. The smallest absolute Gasteiger partial charge is 0.322 e. The van der Waals surface area contributed by atoms with E-state index in [1.54, 1.807) is 11.8 Å². The molecule has 0 bridgehead atoms. The maximum Gasteiger partial charge on any atom is 0.322 e. The zero-order valence-electron chi connectivity index (χ0n) is 9.50. The molecule has 0 fully saturated rings. The molecule has 15 heavy (non-hydrogen) atoms. The molecule has 0 aromatic rings. The van der Waals surface area contributed by atoms with Gasteiger partial charge in [0.15, 0.2) is 0 Å². The largest absolute Gasteiger partial charge is 0.480 e. The Kier molecular flexibility index (Phi) is 6.40. The zero-order valence-corrected chi connectivity index (χ0v) is 10.3. The van der Waals surface area contributed by atoms with Gasteiger partial charge >= 0.3 is 5.97 Å². The summed E-state index contributed by atoms with van der Waals surface area (Å²) in [5, 5.41) is 10.8. The minimum Gasteiger partial charge on any atom is -0.480 e. The van der Waals surface area contributed by atoms with Crippen molar-refractivity contribution in [1.29, 1.82) is 0 Å². The first-order valence-electron chi connectivity index (χ1n) is 5.04. The van der Waals surface area contributed by atoms with Crippen LogP contribution in [-0.4, -0.2) is 34.0 Å². The average molecular weight is 233 g/mol. The van der Waals surface area contributed by atoms with E-state index < -0.39 is 10.7 Å². The lowest BCUT2D eigenvalue weighted by Crippen LogP contribution is -2.42. The van der Waals surface area contributed by atoms with E-state index >= 15 is 0 Å². The number of aliphatic carboxylic acids is 1. The zero-order chi connectivity index (χ0) is 11.9. The fourth-order valence-electron chi connectivity index (χ4n) is 0.906. The summed E-state index contributed by atoms with van der Waals surface area (Å²) in [4.78, 5) is 21.8. The quantitative estimate of drug-likeness (QED) is 0.654. The molecule has 0 atom stereocenters. The molecule has 0 aromatic carbocycles. The van der Waals surface area contributed by atoms with Crippen LogP contribution in [0.5, 0.6) is 0 Å². The number of unbranched alkanes of at least 4 members (excludes halogenated alkanes) is 1. The Morgan fingerprint density at radius 3 is 2.47 bits per heavy atom. The van der Waals surface area contributed by atoms with Gasteiger partial charge in [-0.25, -0.2) is 0 Å². The van der Waals surface area contributed by atoms with Crippen LogP contribution in [0.25, 0.3) is 0 Å². The third-order valence-corrected chi connectivity index (χ3v) is 3.31. The van der Waals surface area contributed by atoms with E-state index in [1.165, 1.54) is 0 Å². The topological polar surface area (TPSA) is 66.4 Å². The molecule has 0 unspecified atom stereocenters.